The molecule has 53 valence electrons. The third kappa shape index (κ3) is 9.14. The maximum absolute atomic E-state index is 10.8. The first kappa shape index (κ1) is 13.7. The summed E-state index contributed by atoms with van der Waals surface area (Å²) in [5.41, 5.74) is 0. The van der Waals surface area contributed by atoms with Gasteiger partial charge in [-0.2, -0.15) is 0 Å². The summed E-state index contributed by atoms with van der Waals surface area (Å²) in [6.07, 6.45) is 3.40. The minimum atomic E-state index is -0.793. The molecule has 0 aromatic heterocycles. The van der Waals surface area contributed by atoms with Gasteiger partial charge in [-0.15, -0.1) is 6.58 Å². The minimum Gasteiger partial charge on any atom is -0.605 e. The number of hydrogen-bond donors (Lipinski definition) is 0. The Kier molecular flexibility index (Phi) is 13.9. The maximum Gasteiger partial charge on any atom is 0.135 e. The predicted octanol–water partition coefficient (Wildman–Crippen LogP) is 1.37. The van der Waals surface area contributed by atoms with Gasteiger partial charge < -0.3 is 4.55 Å². The van der Waals surface area contributed by atoms with E-state index in [2.05, 4.69) is 13.2 Å². The van der Waals surface area contributed by atoms with Gasteiger partial charge >= 0.3 is 0 Å². The zero-order valence-electron chi connectivity index (χ0n) is 6.21. The average Bonchev–Trinajstić information content (AvgIpc) is 1.85. The van der Waals surface area contributed by atoms with Gasteiger partial charge in [-0.3, -0.25) is 0 Å². The Labute approximate surface area is 91.2 Å². The van der Waals surface area contributed by atoms with E-state index in [1.54, 1.807) is 12.2 Å². The van der Waals surface area contributed by atoms with Crippen molar-refractivity contribution < 1.29 is 4.55 Å². The van der Waals surface area contributed by atoms with E-state index < -0.39 is 10.2 Å². The van der Waals surface area contributed by atoms with Gasteiger partial charge in [0.15, 0.2) is 0 Å². The molecule has 0 rings (SSSR count). The van der Waals surface area contributed by atoms with Crippen molar-refractivity contribution in [2.75, 3.05) is 11.5 Å². The zero-order valence-corrected chi connectivity index (χ0v) is 9.84. The van der Waals surface area contributed by atoms with Gasteiger partial charge in [0, 0.05) is 39.8 Å². The van der Waals surface area contributed by atoms with Crippen LogP contribution in [0.3, 0.4) is 0 Å². The van der Waals surface area contributed by atoms with Gasteiger partial charge in [0.05, 0.1) is 16.5 Å². The fourth-order valence-corrected chi connectivity index (χ4v) is 2.13. The molecule has 1 atom stereocenters. The first-order chi connectivity index (χ1) is 4.31. The summed E-state index contributed by atoms with van der Waals surface area (Å²) in [7, 11) is 0.591. The SMILES string of the molecule is C=CCS[S+]([O-])CC=C.[Na]. The molecule has 0 aliphatic rings. The molecule has 0 aliphatic heterocycles. The smallest absolute Gasteiger partial charge is 0.135 e. The third-order valence-electron chi connectivity index (χ3n) is 0.571. The first-order valence-electron chi connectivity index (χ1n) is 2.54. The van der Waals surface area contributed by atoms with Crippen molar-refractivity contribution in [2.45, 2.75) is 0 Å². The number of rotatable bonds is 5. The van der Waals surface area contributed by atoms with E-state index in [1.807, 2.05) is 0 Å². The molecule has 0 fully saturated rings. The van der Waals surface area contributed by atoms with Crippen LogP contribution in [0.1, 0.15) is 0 Å². The van der Waals surface area contributed by atoms with Crippen LogP contribution in [0, 0.1) is 0 Å². The van der Waals surface area contributed by atoms with Crippen LogP contribution in [-0.2, 0) is 10.2 Å². The molecular weight excluding hydrogens is 175 g/mol. The predicted molar refractivity (Wildman–Crippen MR) is 51.6 cm³/mol. The molecule has 4 heteroatoms. The molecule has 1 nitrogen and oxygen atoms in total. The molecule has 0 saturated heterocycles. The molecule has 0 aliphatic carbocycles. The van der Waals surface area contributed by atoms with Crippen LogP contribution in [0.25, 0.3) is 0 Å². The van der Waals surface area contributed by atoms with Crippen molar-refractivity contribution in [1.82, 2.24) is 0 Å². The summed E-state index contributed by atoms with van der Waals surface area (Å²) in [6, 6.07) is 0. The van der Waals surface area contributed by atoms with Gasteiger partial charge in [0.25, 0.3) is 0 Å². The summed E-state index contributed by atoms with van der Waals surface area (Å²) in [6.45, 7) is 6.99. The van der Waals surface area contributed by atoms with Crippen LogP contribution in [-0.4, -0.2) is 45.6 Å². The third-order valence-corrected chi connectivity index (χ3v) is 3.32. The van der Waals surface area contributed by atoms with Crippen molar-refractivity contribution in [1.29, 1.82) is 0 Å². The summed E-state index contributed by atoms with van der Waals surface area (Å²) >= 11 is 0. The zero-order chi connectivity index (χ0) is 7.11. The van der Waals surface area contributed by atoms with Crippen molar-refractivity contribution in [2.24, 2.45) is 0 Å². The van der Waals surface area contributed by atoms with E-state index >= 15 is 0 Å². The van der Waals surface area contributed by atoms with Crippen LogP contribution in [0.2, 0.25) is 0 Å². The molecule has 10 heavy (non-hydrogen) atoms. The van der Waals surface area contributed by atoms with Crippen LogP contribution >= 0.6 is 10.8 Å². The topological polar surface area (TPSA) is 23.1 Å². The second-order valence-electron chi connectivity index (χ2n) is 1.33. The molecule has 0 spiro atoms. The van der Waals surface area contributed by atoms with E-state index in [9.17, 15) is 4.55 Å². The molecule has 1 radical (unpaired) electrons. The minimum absolute atomic E-state index is 0. The average molecular weight is 185 g/mol. The fourth-order valence-electron chi connectivity index (χ4n) is 0.268. The number of hydrogen-bond acceptors (Lipinski definition) is 2. The largest absolute Gasteiger partial charge is 0.605 e. The molecule has 1 unspecified atom stereocenters. The summed E-state index contributed by atoms with van der Waals surface area (Å²) in [5.74, 6) is 1.32. The Bertz CT molecular complexity index is 97.7. The van der Waals surface area contributed by atoms with Gasteiger partial charge in [0.1, 0.15) is 5.75 Å². The Morgan fingerprint density at radius 2 is 2.00 bits per heavy atom. The Balaban J connectivity index is 0. The normalized spacial score (nSPS) is 11.3. The second kappa shape index (κ2) is 10.1. The molecule has 0 saturated carbocycles. The summed E-state index contributed by atoms with van der Waals surface area (Å²) < 4.78 is 10.8. The van der Waals surface area contributed by atoms with Crippen LogP contribution < -0.4 is 0 Å². The Morgan fingerprint density at radius 1 is 1.40 bits per heavy atom. The molecule has 0 aromatic carbocycles. The van der Waals surface area contributed by atoms with Crippen molar-refractivity contribution in [3.05, 3.63) is 25.3 Å². The van der Waals surface area contributed by atoms with Crippen LogP contribution in [0.15, 0.2) is 25.3 Å². The summed E-state index contributed by atoms with van der Waals surface area (Å²) in [5, 5.41) is 0. The van der Waals surface area contributed by atoms with Gasteiger partial charge in [-0.05, 0) is 6.08 Å². The second-order valence-corrected chi connectivity index (χ2v) is 4.66. The fraction of sp³-hybridized carbons (Fsp3) is 0.333. The standard InChI is InChI=1S/C6H10OS2.Na/c1-3-5-8-9(7)6-4-2;/h3-4H,1-2,5-6H2;. The van der Waals surface area contributed by atoms with Crippen molar-refractivity contribution >= 4 is 50.6 Å². The Hall–Kier alpha value is 1.14. The molecular formula is C6H10NaOS2. The summed E-state index contributed by atoms with van der Waals surface area (Å²) in [4.78, 5) is 0. The monoisotopic (exact) mass is 185 g/mol. The van der Waals surface area contributed by atoms with Gasteiger partial charge in [-0.1, -0.05) is 12.7 Å². The van der Waals surface area contributed by atoms with Crippen molar-refractivity contribution in [3.63, 3.8) is 0 Å². The van der Waals surface area contributed by atoms with E-state index in [0.29, 0.717) is 5.75 Å². The molecule has 0 amide bonds. The van der Waals surface area contributed by atoms with Crippen LogP contribution in [0.4, 0.5) is 0 Å². The van der Waals surface area contributed by atoms with Crippen molar-refractivity contribution in [3.8, 4) is 0 Å². The van der Waals surface area contributed by atoms with Crippen LogP contribution in [0.5, 0.6) is 0 Å². The van der Waals surface area contributed by atoms with E-state index in [4.69, 9.17) is 0 Å². The molecule has 0 N–H and O–H groups in total. The Morgan fingerprint density at radius 3 is 2.40 bits per heavy atom. The molecule has 0 bridgehead atoms. The van der Waals surface area contributed by atoms with E-state index in [-0.39, 0.29) is 29.6 Å². The molecule has 0 heterocycles. The van der Waals surface area contributed by atoms with Gasteiger partial charge in [0.2, 0.25) is 0 Å². The molecule has 0 aromatic rings. The maximum atomic E-state index is 10.8. The first-order valence-corrected chi connectivity index (χ1v) is 5.37. The van der Waals surface area contributed by atoms with E-state index in [1.165, 1.54) is 10.8 Å². The van der Waals surface area contributed by atoms with E-state index in [0.717, 1.165) is 5.75 Å². The van der Waals surface area contributed by atoms with Gasteiger partial charge in [-0.25, -0.2) is 0 Å². The quantitative estimate of drug-likeness (QED) is 0.279.